The molecule has 0 amide bonds. The number of nitrogens with zero attached hydrogens (tertiary/aromatic N) is 1. The molecule has 2 nitrogen and oxygen atoms in total. The first-order valence-corrected chi connectivity index (χ1v) is 7.85. The van der Waals surface area contributed by atoms with Gasteiger partial charge in [0.25, 0.3) is 0 Å². The van der Waals surface area contributed by atoms with E-state index in [9.17, 15) is 0 Å². The first kappa shape index (κ1) is 12.0. The summed E-state index contributed by atoms with van der Waals surface area (Å²) in [5, 5.41) is 3.68. The summed E-state index contributed by atoms with van der Waals surface area (Å²) in [6.07, 6.45) is 10.3. The quantitative estimate of drug-likeness (QED) is 0.713. The Kier molecular flexibility index (Phi) is 4.02. The molecule has 3 fully saturated rings. The highest BCUT2D eigenvalue weighted by Crippen LogP contribution is 2.54. The summed E-state index contributed by atoms with van der Waals surface area (Å²) in [5.41, 5.74) is 0. The summed E-state index contributed by atoms with van der Waals surface area (Å²) in [4.78, 5) is 2.65. The molecule has 2 heteroatoms. The lowest BCUT2D eigenvalue weighted by Crippen LogP contribution is -2.32. The van der Waals surface area contributed by atoms with Crippen molar-refractivity contribution < 1.29 is 0 Å². The zero-order valence-electron chi connectivity index (χ0n) is 11.2. The summed E-state index contributed by atoms with van der Waals surface area (Å²) >= 11 is 0. The largest absolute Gasteiger partial charge is 0.316 e. The van der Waals surface area contributed by atoms with Crippen molar-refractivity contribution in [3.05, 3.63) is 0 Å². The van der Waals surface area contributed by atoms with Gasteiger partial charge in [0.15, 0.2) is 0 Å². The number of fused-ring (bicyclic) bond motifs is 1. The van der Waals surface area contributed by atoms with E-state index in [-0.39, 0.29) is 0 Å². The average Bonchev–Trinajstić information content (AvgIpc) is 2.98. The van der Waals surface area contributed by atoms with E-state index in [1.807, 2.05) is 0 Å². The van der Waals surface area contributed by atoms with Crippen LogP contribution in [0.4, 0.5) is 0 Å². The van der Waals surface area contributed by atoms with Crippen molar-refractivity contribution in [1.82, 2.24) is 10.2 Å². The van der Waals surface area contributed by atoms with Gasteiger partial charge in [0, 0.05) is 0 Å². The molecule has 0 aromatic carbocycles. The SMILES string of the molecule is C1CCN(CCCNCC2CC3CC3C2)CC1. The van der Waals surface area contributed by atoms with E-state index in [4.69, 9.17) is 0 Å². The Hall–Kier alpha value is -0.0800. The van der Waals surface area contributed by atoms with Crippen LogP contribution in [0.2, 0.25) is 0 Å². The summed E-state index contributed by atoms with van der Waals surface area (Å²) in [6, 6.07) is 0. The first-order valence-electron chi connectivity index (χ1n) is 7.85. The predicted molar refractivity (Wildman–Crippen MR) is 72.1 cm³/mol. The number of nitrogens with one attached hydrogen (secondary N) is 1. The molecule has 3 aliphatic rings. The lowest BCUT2D eigenvalue weighted by atomic mass is 10.0. The molecule has 2 aliphatic carbocycles. The van der Waals surface area contributed by atoms with E-state index in [0.717, 1.165) is 17.8 Å². The van der Waals surface area contributed by atoms with Gasteiger partial charge in [0.1, 0.15) is 0 Å². The molecule has 0 radical (unpaired) electrons. The monoisotopic (exact) mass is 236 g/mol. The second-order valence-corrected chi connectivity index (χ2v) is 6.55. The van der Waals surface area contributed by atoms with Crippen molar-refractivity contribution in [3.63, 3.8) is 0 Å². The molecule has 3 rings (SSSR count). The van der Waals surface area contributed by atoms with Crippen LogP contribution in [0.5, 0.6) is 0 Å². The third kappa shape index (κ3) is 3.45. The Labute approximate surface area is 106 Å². The Morgan fingerprint density at radius 3 is 2.47 bits per heavy atom. The van der Waals surface area contributed by atoms with Crippen molar-refractivity contribution in [2.75, 3.05) is 32.7 Å². The van der Waals surface area contributed by atoms with Gasteiger partial charge in [-0.2, -0.15) is 0 Å². The molecule has 0 aromatic rings. The van der Waals surface area contributed by atoms with E-state index in [2.05, 4.69) is 10.2 Å². The molecule has 1 saturated heterocycles. The lowest BCUT2D eigenvalue weighted by Gasteiger charge is -2.26. The highest BCUT2D eigenvalue weighted by molar-refractivity contribution is 4.96. The molecule has 2 atom stereocenters. The van der Waals surface area contributed by atoms with Gasteiger partial charge in [-0.25, -0.2) is 0 Å². The zero-order valence-corrected chi connectivity index (χ0v) is 11.2. The van der Waals surface area contributed by atoms with Crippen LogP contribution in [0.3, 0.4) is 0 Å². The highest BCUT2D eigenvalue weighted by Gasteiger charge is 2.45. The Morgan fingerprint density at radius 2 is 1.71 bits per heavy atom. The molecule has 2 saturated carbocycles. The smallest absolute Gasteiger partial charge is 0.000664 e. The standard InChI is InChI=1S/C15H28N2/c1-2-6-17(7-3-1)8-4-5-16-12-13-9-14-11-15(14)10-13/h13-16H,1-12H2. The van der Waals surface area contributed by atoms with Gasteiger partial charge in [0.05, 0.1) is 0 Å². The Morgan fingerprint density at radius 1 is 0.941 bits per heavy atom. The molecule has 1 aliphatic heterocycles. The van der Waals surface area contributed by atoms with Crippen LogP contribution >= 0.6 is 0 Å². The normalized spacial score (nSPS) is 37.1. The fourth-order valence-corrected chi connectivity index (χ4v) is 3.92. The molecule has 1 N–H and O–H groups in total. The van der Waals surface area contributed by atoms with E-state index in [0.29, 0.717) is 0 Å². The number of hydrogen-bond acceptors (Lipinski definition) is 2. The minimum Gasteiger partial charge on any atom is -0.316 e. The molecule has 98 valence electrons. The number of piperidine rings is 1. The van der Waals surface area contributed by atoms with Gasteiger partial charge in [-0.3, -0.25) is 0 Å². The second kappa shape index (κ2) is 5.71. The molecule has 1 heterocycles. The summed E-state index contributed by atoms with van der Waals surface area (Å²) < 4.78 is 0. The van der Waals surface area contributed by atoms with Crippen LogP contribution in [0, 0.1) is 17.8 Å². The molecule has 0 bridgehead atoms. The third-order valence-corrected chi connectivity index (χ3v) is 5.05. The summed E-state index contributed by atoms with van der Waals surface area (Å²) in [7, 11) is 0. The van der Waals surface area contributed by atoms with Crippen molar-refractivity contribution in [1.29, 1.82) is 0 Å². The molecular weight excluding hydrogens is 208 g/mol. The molecule has 2 unspecified atom stereocenters. The van der Waals surface area contributed by atoms with Crippen LogP contribution in [-0.2, 0) is 0 Å². The van der Waals surface area contributed by atoms with Crippen LogP contribution in [0.25, 0.3) is 0 Å². The maximum absolute atomic E-state index is 3.68. The predicted octanol–water partition coefficient (Wildman–Crippen LogP) is 2.50. The molecule has 0 aromatic heterocycles. The Balaban J connectivity index is 1.18. The fraction of sp³-hybridized carbons (Fsp3) is 1.00. The van der Waals surface area contributed by atoms with Gasteiger partial charge in [-0.15, -0.1) is 0 Å². The highest BCUT2D eigenvalue weighted by atomic mass is 15.1. The van der Waals surface area contributed by atoms with Crippen molar-refractivity contribution in [2.24, 2.45) is 17.8 Å². The number of likely N-dealkylation sites (tertiary alicyclic amines) is 1. The summed E-state index contributed by atoms with van der Waals surface area (Å²) in [6.45, 7) is 6.57. The van der Waals surface area contributed by atoms with Crippen molar-refractivity contribution in [2.45, 2.75) is 44.9 Å². The van der Waals surface area contributed by atoms with Gasteiger partial charge < -0.3 is 10.2 Å². The molecule has 0 spiro atoms. The number of hydrogen-bond donors (Lipinski definition) is 1. The van der Waals surface area contributed by atoms with Crippen LogP contribution in [0.1, 0.15) is 44.9 Å². The van der Waals surface area contributed by atoms with E-state index < -0.39 is 0 Å². The Bertz CT molecular complexity index is 221. The van der Waals surface area contributed by atoms with Crippen LogP contribution in [0.15, 0.2) is 0 Å². The lowest BCUT2D eigenvalue weighted by molar-refractivity contribution is 0.225. The van der Waals surface area contributed by atoms with Crippen LogP contribution < -0.4 is 5.32 Å². The fourth-order valence-electron chi connectivity index (χ4n) is 3.92. The van der Waals surface area contributed by atoms with E-state index in [1.165, 1.54) is 71.2 Å². The number of rotatable bonds is 6. The topological polar surface area (TPSA) is 15.3 Å². The first-order chi connectivity index (χ1) is 8.42. The van der Waals surface area contributed by atoms with Gasteiger partial charge in [0.2, 0.25) is 0 Å². The average molecular weight is 236 g/mol. The van der Waals surface area contributed by atoms with Crippen molar-refractivity contribution in [3.8, 4) is 0 Å². The maximum atomic E-state index is 3.68. The second-order valence-electron chi connectivity index (χ2n) is 6.55. The molecular formula is C15H28N2. The van der Waals surface area contributed by atoms with Crippen molar-refractivity contribution >= 4 is 0 Å². The minimum absolute atomic E-state index is 1.02. The van der Waals surface area contributed by atoms with Crippen LogP contribution in [-0.4, -0.2) is 37.6 Å². The van der Waals surface area contributed by atoms with Gasteiger partial charge >= 0.3 is 0 Å². The van der Waals surface area contributed by atoms with E-state index >= 15 is 0 Å². The molecule has 17 heavy (non-hydrogen) atoms. The van der Waals surface area contributed by atoms with Gasteiger partial charge in [-0.05, 0) is 89.0 Å². The van der Waals surface area contributed by atoms with E-state index in [1.54, 1.807) is 6.42 Å². The van der Waals surface area contributed by atoms with Gasteiger partial charge in [-0.1, -0.05) is 6.42 Å². The minimum atomic E-state index is 1.02. The zero-order chi connectivity index (χ0) is 11.5. The maximum Gasteiger partial charge on any atom is -0.000664 e. The summed E-state index contributed by atoms with van der Waals surface area (Å²) in [5.74, 6) is 3.32. The third-order valence-electron chi connectivity index (χ3n) is 5.05.